The molecular weight excluding hydrogens is 204 g/mol. The fraction of sp³-hybridized carbons (Fsp3) is 0. The Bertz CT molecular complexity index is 497. The molecular formula is C12H10N2O2. The van der Waals surface area contributed by atoms with Crippen molar-refractivity contribution >= 4 is 17.3 Å². The minimum absolute atomic E-state index is 0.207. The Labute approximate surface area is 92.6 Å². The second kappa shape index (κ2) is 4.44. The maximum atomic E-state index is 10.9. The van der Waals surface area contributed by atoms with Crippen LogP contribution in [0.15, 0.2) is 48.8 Å². The van der Waals surface area contributed by atoms with E-state index in [1.54, 1.807) is 0 Å². The maximum absolute atomic E-state index is 10.9. The molecule has 2 aromatic rings. The zero-order valence-electron chi connectivity index (χ0n) is 8.42. The van der Waals surface area contributed by atoms with Gasteiger partial charge in [0, 0.05) is 11.9 Å². The van der Waals surface area contributed by atoms with Gasteiger partial charge in [-0.05, 0) is 18.2 Å². The van der Waals surface area contributed by atoms with Gasteiger partial charge in [0.25, 0.3) is 0 Å². The lowest BCUT2D eigenvalue weighted by Crippen LogP contribution is -2.02. The minimum atomic E-state index is -0.971. The van der Waals surface area contributed by atoms with Crippen molar-refractivity contribution < 1.29 is 9.90 Å². The van der Waals surface area contributed by atoms with E-state index >= 15 is 0 Å². The molecule has 0 atom stereocenters. The predicted octanol–water partition coefficient (Wildman–Crippen LogP) is 2.52. The Morgan fingerprint density at radius 3 is 2.62 bits per heavy atom. The van der Waals surface area contributed by atoms with E-state index in [0.29, 0.717) is 5.69 Å². The molecule has 2 rings (SSSR count). The molecule has 0 aliphatic carbocycles. The standard InChI is InChI=1S/C12H10N2O2/c15-12(16)10-6-7-13-8-11(10)14-9-4-2-1-3-5-9/h1-8,14H,(H,15,16). The summed E-state index contributed by atoms with van der Waals surface area (Å²) in [5, 5.41) is 12.0. The number of carboxylic acids is 1. The molecule has 1 heterocycles. The van der Waals surface area contributed by atoms with Crippen LogP contribution >= 0.6 is 0 Å². The van der Waals surface area contributed by atoms with Gasteiger partial charge < -0.3 is 10.4 Å². The van der Waals surface area contributed by atoms with Gasteiger partial charge in [0.15, 0.2) is 0 Å². The van der Waals surface area contributed by atoms with E-state index in [1.807, 2.05) is 30.3 Å². The van der Waals surface area contributed by atoms with Gasteiger partial charge in [-0.15, -0.1) is 0 Å². The first-order valence-corrected chi connectivity index (χ1v) is 4.77. The van der Waals surface area contributed by atoms with Gasteiger partial charge in [0.2, 0.25) is 0 Å². The molecule has 2 N–H and O–H groups in total. The molecule has 0 bridgehead atoms. The fourth-order valence-electron chi connectivity index (χ4n) is 1.36. The molecule has 4 nitrogen and oxygen atoms in total. The van der Waals surface area contributed by atoms with Crippen LogP contribution in [0.25, 0.3) is 0 Å². The highest BCUT2D eigenvalue weighted by Gasteiger charge is 2.09. The Hall–Kier alpha value is -2.36. The third-order valence-corrected chi connectivity index (χ3v) is 2.10. The summed E-state index contributed by atoms with van der Waals surface area (Å²) in [6, 6.07) is 10.8. The molecule has 0 amide bonds. The van der Waals surface area contributed by atoms with Crippen molar-refractivity contribution in [1.82, 2.24) is 4.98 Å². The van der Waals surface area contributed by atoms with Crippen molar-refractivity contribution in [3.8, 4) is 0 Å². The number of rotatable bonds is 3. The summed E-state index contributed by atoms with van der Waals surface area (Å²) in [6.45, 7) is 0. The van der Waals surface area contributed by atoms with Crippen LogP contribution in [0.3, 0.4) is 0 Å². The third-order valence-electron chi connectivity index (χ3n) is 2.10. The van der Waals surface area contributed by atoms with Crippen LogP contribution in [0.1, 0.15) is 10.4 Å². The van der Waals surface area contributed by atoms with Crippen LogP contribution in [0.5, 0.6) is 0 Å². The normalized spacial score (nSPS) is 9.75. The monoisotopic (exact) mass is 214 g/mol. The van der Waals surface area contributed by atoms with E-state index in [0.717, 1.165) is 5.69 Å². The molecule has 4 heteroatoms. The highest BCUT2D eigenvalue weighted by molar-refractivity contribution is 5.94. The molecule has 0 saturated carbocycles. The highest BCUT2D eigenvalue weighted by Crippen LogP contribution is 2.19. The lowest BCUT2D eigenvalue weighted by molar-refractivity contribution is 0.0698. The second-order valence-electron chi connectivity index (χ2n) is 3.22. The summed E-state index contributed by atoms with van der Waals surface area (Å²) < 4.78 is 0. The number of para-hydroxylation sites is 1. The third kappa shape index (κ3) is 2.17. The quantitative estimate of drug-likeness (QED) is 0.824. The summed E-state index contributed by atoms with van der Waals surface area (Å²) in [4.78, 5) is 14.8. The molecule has 0 radical (unpaired) electrons. The van der Waals surface area contributed by atoms with E-state index in [-0.39, 0.29) is 5.56 Å². The van der Waals surface area contributed by atoms with Crippen LogP contribution in [0.2, 0.25) is 0 Å². The summed E-state index contributed by atoms with van der Waals surface area (Å²) in [6.07, 6.45) is 2.95. The largest absolute Gasteiger partial charge is 0.478 e. The van der Waals surface area contributed by atoms with Crippen molar-refractivity contribution in [3.63, 3.8) is 0 Å². The SMILES string of the molecule is O=C(O)c1ccncc1Nc1ccccc1. The Morgan fingerprint density at radius 1 is 1.19 bits per heavy atom. The van der Waals surface area contributed by atoms with Gasteiger partial charge in [-0.1, -0.05) is 18.2 Å². The number of nitrogens with zero attached hydrogens (tertiary/aromatic N) is 1. The highest BCUT2D eigenvalue weighted by atomic mass is 16.4. The zero-order chi connectivity index (χ0) is 11.4. The summed E-state index contributed by atoms with van der Waals surface area (Å²) in [7, 11) is 0. The molecule has 1 aromatic heterocycles. The van der Waals surface area contributed by atoms with E-state index in [2.05, 4.69) is 10.3 Å². The second-order valence-corrected chi connectivity index (χ2v) is 3.22. The molecule has 0 aliphatic heterocycles. The lowest BCUT2D eigenvalue weighted by atomic mass is 10.2. The van der Waals surface area contributed by atoms with Crippen LogP contribution < -0.4 is 5.32 Å². The number of aromatic nitrogens is 1. The molecule has 0 fully saturated rings. The molecule has 1 aromatic carbocycles. The van der Waals surface area contributed by atoms with Gasteiger partial charge in [0.05, 0.1) is 17.4 Å². The number of pyridine rings is 1. The van der Waals surface area contributed by atoms with Gasteiger partial charge in [0.1, 0.15) is 0 Å². The number of hydrogen-bond donors (Lipinski definition) is 2. The number of anilines is 2. The van der Waals surface area contributed by atoms with E-state index < -0.39 is 5.97 Å². The Balaban J connectivity index is 2.31. The van der Waals surface area contributed by atoms with Crippen LogP contribution in [-0.4, -0.2) is 16.1 Å². The number of aromatic carboxylic acids is 1. The number of benzene rings is 1. The fourth-order valence-corrected chi connectivity index (χ4v) is 1.36. The number of hydrogen-bond acceptors (Lipinski definition) is 3. The van der Waals surface area contributed by atoms with Gasteiger partial charge >= 0.3 is 5.97 Å². The van der Waals surface area contributed by atoms with Crippen molar-refractivity contribution in [3.05, 3.63) is 54.4 Å². The number of carboxylic acid groups (broad SMARTS) is 1. The van der Waals surface area contributed by atoms with E-state index in [1.165, 1.54) is 18.5 Å². The first-order chi connectivity index (χ1) is 7.77. The van der Waals surface area contributed by atoms with Crippen LogP contribution in [0, 0.1) is 0 Å². The van der Waals surface area contributed by atoms with Crippen molar-refractivity contribution in [2.24, 2.45) is 0 Å². The Morgan fingerprint density at radius 2 is 1.94 bits per heavy atom. The Kier molecular flexibility index (Phi) is 2.82. The molecule has 0 saturated heterocycles. The number of nitrogens with one attached hydrogen (secondary N) is 1. The zero-order valence-corrected chi connectivity index (χ0v) is 8.42. The van der Waals surface area contributed by atoms with E-state index in [4.69, 9.17) is 5.11 Å². The smallest absolute Gasteiger partial charge is 0.337 e. The number of carbonyl (C=O) groups is 1. The van der Waals surface area contributed by atoms with Gasteiger partial charge in [-0.3, -0.25) is 4.98 Å². The maximum Gasteiger partial charge on any atom is 0.337 e. The summed E-state index contributed by atoms with van der Waals surface area (Å²) in [5.74, 6) is -0.971. The van der Waals surface area contributed by atoms with Crippen LogP contribution in [-0.2, 0) is 0 Å². The first-order valence-electron chi connectivity index (χ1n) is 4.77. The van der Waals surface area contributed by atoms with Crippen LogP contribution in [0.4, 0.5) is 11.4 Å². The average Bonchev–Trinajstić information content (AvgIpc) is 2.31. The average molecular weight is 214 g/mol. The van der Waals surface area contributed by atoms with Crippen molar-refractivity contribution in [1.29, 1.82) is 0 Å². The summed E-state index contributed by atoms with van der Waals surface area (Å²) >= 11 is 0. The van der Waals surface area contributed by atoms with Crippen molar-refractivity contribution in [2.75, 3.05) is 5.32 Å². The molecule has 0 unspecified atom stereocenters. The molecule has 0 aliphatic rings. The predicted molar refractivity (Wildman–Crippen MR) is 60.9 cm³/mol. The van der Waals surface area contributed by atoms with Crippen molar-refractivity contribution in [2.45, 2.75) is 0 Å². The van der Waals surface area contributed by atoms with Gasteiger partial charge in [-0.25, -0.2) is 4.79 Å². The topological polar surface area (TPSA) is 62.2 Å². The van der Waals surface area contributed by atoms with E-state index in [9.17, 15) is 4.79 Å². The van der Waals surface area contributed by atoms with Gasteiger partial charge in [-0.2, -0.15) is 0 Å². The molecule has 80 valence electrons. The molecule has 0 spiro atoms. The summed E-state index contributed by atoms with van der Waals surface area (Å²) in [5.41, 5.74) is 1.53. The molecule has 16 heavy (non-hydrogen) atoms. The minimum Gasteiger partial charge on any atom is -0.478 e. The lowest BCUT2D eigenvalue weighted by Gasteiger charge is -2.08. The first kappa shape index (κ1) is 10.2.